The van der Waals surface area contributed by atoms with E-state index in [1.54, 1.807) is 56.5 Å². The van der Waals surface area contributed by atoms with Gasteiger partial charge in [0.15, 0.2) is 0 Å². The van der Waals surface area contributed by atoms with Crippen molar-refractivity contribution >= 4 is 39.1 Å². The highest BCUT2D eigenvalue weighted by atomic mass is 35.5. The van der Waals surface area contributed by atoms with Gasteiger partial charge in [-0.1, -0.05) is 67.8 Å². The van der Waals surface area contributed by atoms with Crippen LogP contribution in [0, 0.1) is 6.92 Å². The molecule has 0 heterocycles. The van der Waals surface area contributed by atoms with Gasteiger partial charge in [0.2, 0.25) is 11.8 Å². The maximum atomic E-state index is 14.3. The molecule has 1 atom stereocenters. The van der Waals surface area contributed by atoms with Crippen LogP contribution in [0.3, 0.4) is 0 Å². The molecule has 0 spiro atoms. The summed E-state index contributed by atoms with van der Waals surface area (Å²) in [4.78, 5) is 29.4. The number of nitrogens with one attached hydrogen (secondary N) is 1. The molecule has 2 amide bonds. The molecule has 0 radical (unpaired) electrons. The molecule has 3 aromatic rings. The molecule has 1 aliphatic carbocycles. The van der Waals surface area contributed by atoms with Crippen LogP contribution in [0.4, 0.5) is 5.69 Å². The third-order valence-corrected chi connectivity index (χ3v) is 9.63. The van der Waals surface area contributed by atoms with Crippen LogP contribution < -0.4 is 14.4 Å². The smallest absolute Gasteiger partial charge is 0.264 e. The van der Waals surface area contributed by atoms with Gasteiger partial charge in [-0.25, -0.2) is 8.42 Å². The highest BCUT2D eigenvalue weighted by molar-refractivity contribution is 7.92. The Kier molecular flexibility index (Phi) is 10.5. The minimum absolute atomic E-state index is 0.0440. The van der Waals surface area contributed by atoms with Crippen LogP contribution in [0.2, 0.25) is 5.02 Å². The molecular formula is C32H38ClN3O5S. The molecule has 8 nitrogen and oxygen atoms in total. The second-order valence-electron chi connectivity index (χ2n) is 10.5. The van der Waals surface area contributed by atoms with Gasteiger partial charge in [0.25, 0.3) is 10.0 Å². The molecule has 1 aliphatic rings. The van der Waals surface area contributed by atoms with Crippen molar-refractivity contribution in [1.82, 2.24) is 10.2 Å². The Morgan fingerprint density at radius 2 is 1.74 bits per heavy atom. The van der Waals surface area contributed by atoms with Crippen molar-refractivity contribution in [2.24, 2.45) is 0 Å². The van der Waals surface area contributed by atoms with Crippen molar-refractivity contribution in [2.75, 3.05) is 18.0 Å². The van der Waals surface area contributed by atoms with Crippen LogP contribution in [-0.4, -0.2) is 50.9 Å². The van der Waals surface area contributed by atoms with E-state index >= 15 is 0 Å². The van der Waals surface area contributed by atoms with Crippen LogP contribution in [0.25, 0.3) is 0 Å². The normalized spacial score (nSPS) is 14.3. The molecule has 1 fully saturated rings. The average molecular weight is 612 g/mol. The van der Waals surface area contributed by atoms with Crippen LogP contribution in [0.15, 0.2) is 77.7 Å². The lowest BCUT2D eigenvalue weighted by Gasteiger charge is -2.34. The molecule has 0 bridgehead atoms. The van der Waals surface area contributed by atoms with Crippen molar-refractivity contribution < 1.29 is 22.7 Å². The number of methoxy groups -OCH3 is 1. The van der Waals surface area contributed by atoms with Gasteiger partial charge in [0, 0.05) is 17.6 Å². The number of carbonyl (C=O) groups is 2. The van der Waals surface area contributed by atoms with E-state index in [1.165, 1.54) is 17.0 Å². The van der Waals surface area contributed by atoms with Gasteiger partial charge in [-0.2, -0.15) is 0 Å². The van der Waals surface area contributed by atoms with Gasteiger partial charge < -0.3 is 15.0 Å². The number of hydrogen-bond acceptors (Lipinski definition) is 5. The van der Waals surface area contributed by atoms with E-state index in [0.29, 0.717) is 28.4 Å². The maximum Gasteiger partial charge on any atom is 0.264 e. The van der Waals surface area contributed by atoms with E-state index in [4.69, 9.17) is 16.3 Å². The van der Waals surface area contributed by atoms with E-state index in [1.807, 2.05) is 25.1 Å². The van der Waals surface area contributed by atoms with E-state index in [9.17, 15) is 18.0 Å². The first-order valence-electron chi connectivity index (χ1n) is 14.2. The second-order valence-corrected chi connectivity index (χ2v) is 12.8. The zero-order valence-corrected chi connectivity index (χ0v) is 25.8. The highest BCUT2D eigenvalue weighted by Gasteiger charge is 2.35. The number of aryl methyl sites for hydroxylation is 1. The minimum Gasteiger partial charge on any atom is -0.497 e. The Hall–Kier alpha value is -3.56. The Morgan fingerprint density at radius 1 is 1.02 bits per heavy atom. The van der Waals surface area contributed by atoms with Gasteiger partial charge >= 0.3 is 0 Å². The van der Waals surface area contributed by atoms with E-state index < -0.39 is 28.5 Å². The predicted molar refractivity (Wildman–Crippen MR) is 165 cm³/mol. The van der Waals surface area contributed by atoms with Gasteiger partial charge in [-0.05, 0) is 73.7 Å². The summed E-state index contributed by atoms with van der Waals surface area (Å²) >= 11 is 6.31. The molecule has 10 heteroatoms. The first-order valence-corrected chi connectivity index (χ1v) is 16.0. The Labute approximate surface area is 253 Å². The number of anilines is 1. The summed E-state index contributed by atoms with van der Waals surface area (Å²) in [7, 11) is -2.61. The quantitative estimate of drug-likeness (QED) is 0.283. The highest BCUT2D eigenvalue weighted by Crippen LogP contribution is 2.30. The molecule has 0 aliphatic heterocycles. The summed E-state index contributed by atoms with van der Waals surface area (Å²) < 4.78 is 34.5. The average Bonchev–Trinajstić information content (AvgIpc) is 3.50. The first-order chi connectivity index (χ1) is 20.1. The summed E-state index contributed by atoms with van der Waals surface area (Å²) in [5.41, 5.74) is 1.69. The Balaban J connectivity index is 1.74. The van der Waals surface area contributed by atoms with Crippen LogP contribution in [-0.2, 0) is 26.2 Å². The van der Waals surface area contributed by atoms with Gasteiger partial charge in [-0.15, -0.1) is 0 Å². The van der Waals surface area contributed by atoms with Gasteiger partial charge in [0.05, 0.1) is 17.7 Å². The zero-order valence-electron chi connectivity index (χ0n) is 24.3. The number of sulfonamides is 1. The van der Waals surface area contributed by atoms with Gasteiger partial charge in [-0.3, -0.25) is 13.9 Å². The third kappa shape index (κ3) is 7.44. The predicted octanol–water partition coefficient (Wildman–Crippen LogP) is 5.72. The largest absolute Gasteiger partial charge is 0.497 e. The van der Waals surface area contributed by atoms with Crippen LogP contribution >= 0.6 is 11.6 Å². The number of hydrogen-bond donors (Lipinski definition) is 1. The SMILES string of the molecule is CCC(C(=O)NC1CCCC1)N(Cc1cccc(OC)c1)C(=O)CN(c1cc(Cl)ccc1C)S(=O)(=O)c1ccccc1. The monoisotopic (exact) mass is 611 g/mol. The van der Waals surface area contributed by atoms with Crippen LogP contribution in [0.5, 0.6) is 5.75 Å². The van der Waals surface area contributed by atoms with Crippen molar-refractivity contribution in [3.63, 3.8) is 0 Å². The standard InChI is InChI=1S/C32H38ClN3O5S/c1-4-29(32(38)34-26-12-8-9-13-26)35(21-24-11-10-14-27(19-24)41-3)31(37)22-36(30-20-25(33)18-17-23(30)2)42(39,40)28-15-6-5-7-16-28/h5-7,10-11,14-20,26,29H,4,8-9,12-13,21-22H2,1-3H3,(H,34,38). The summed E-state index contributed by atoms with van der Waals surface area (Å²) in [6, 6.07) is 19.5. The fourth-order valence-electron chi connectivity index (χ4n) is 5.34. The number of benzene rings is 3. The fourth-order valence-corrected chi connectivity index (χ4v) is 7.00. The molecule has 1 unspecified atom stereocenters. The first kappa shape index (κ1) is 31.4. The number of halogens is 1. The minimum atomic E-state index is -4.17. The van der Waals surface area contributed by atoms with E-state index in [-0.39, 0.29) is 23.4 Å². The number of carbonyl (C=O) groups excluding carboxylic acids is 2. The van der Waals surface area contributed by atoms with E-state index in [0.717, 1.165) is 35.6 Å². The molecule has 4 rings (SSSR count). The molecule has 1 N–H and O–H groups in total. The summed E-state index contributed by atoms with van der Waals surface area (Å²) in [6.45, 7) is 3.20. The summed E-state index contributed by atoms with van der Waals surface area (Å²) in [5, 5.41) is 3.46. The maximum absolute atomic E-state index is 14.3. The molecule has 1 saturated carbocycles. The lowest BCUT2D eigenvalue weighted by Crippen LogP contribution is -2.53. The van der Waals surface area contributed by atoms with Crippen LogP contribution in [0.1, 0.15) is 50.2 Å². The topological polar surface area (TPSA) is 96.0 Å². The Bertz CT molecular complexity index is 1490. The second kappa shape index (κ2) is 14.1. The Morgan fingerprint density at radius 3 is 2.40 bits per heavy atom. The molecule has 0 saturated heterocycles. The summed E-state index contributed by atoms with van der Waals surface area (Å²) in [6.07, 6.45) is 4.28. The lowest BCUT2D eigenvalue weighted by molar-refractivity contribution is -0.140. The van der Waals surface area contributed by atoms with Crippen molar-refractivity contribution in [2.45, 2.75) is 69.5 Å². The third-order valence-electron chi connectivity index (χ3n) is 7.62. The number of amides is 2. The van der Waals surface area contributed by atoms with Crippen molar-refractivity contribution in [1.29, 1.82) is 0 Å². The number of ether oxygens (including phenoxy) is 1. The molecule has 42 heavy (non-hydrogen) atoms. The van der Waals surface area contributed by atoms with Gasteiger partial charge in [0.1, 0.15) is 18.3 Å². The molecule has 3 aromatic carbocycles. The summed E-state index contributed by atoms with van der Waals surface area (Å²) in [5.74, 6) is -0.131. The zero-order chi connectivity index (χ0) is 30.3. The molecular weight excluding hydrogens is 574 g/mol. The van der Waals surface area contributed by atoms with Crippen molar-refractivity contribution in [3.05, 3.63) is 88.9 Å². The molecule has 0 aromatic heterocycles. The van der Waals surface area contributed by atoms with Crippen molar-refractivity contribution in [3.8, 4) is 5.75 Å². The fraction of sp³-hybridized carbons (Fsp3) is 0.375. The lowest BCUT2D eigenvalue weighted by atomic mass is 10.1. The number of rotatable bonds is 12. The molecule has 224 valence electrons. The van der Waals surface area contributed by atoms with E-state index in [2.05, 4.69) is 5.32 Å². The number of nitrogens with zero attached hydrogens (tertiary/aromatic N) is 2.